The van der Waals surface area contributed by atoms with Gasteiger partial charge in [0, 0.05) is 6.20 Å². The van der Waals surface area contributed by atoms with Gasteiger partial charge < -0.3 is 10.3 Å². The summed E-state index contributed by atoms with van der Waals surface area (Å²) in [5, 5.41) is 2.14. The fourth-order valence-corrected chi connectivity index (χ4v) is 1.62. The molecule has 0 radical (unpaired) electrons. The van der Waals surface area contributed by atoms with Gasteiger partial charge in [-0.1, -0.05) is 23.2 Å². The van der Waals surface area contributed by atoms with Crippen molar-refractivity contribution in [2.24, 2.45) is 0 Å². The highest BCUT2D eigenvalue weighted by atomic mass is 35.5. The predicted octanol–water partition coefficient (Wildman–Crippen LogP) is 0.412. The second-order valence-electron chi connectivity index (χ2n) is 3.27. The van der Waals surface area contributed by atoms with E-state index in [1.807, 2.05) is 4.98 Å². The third kappa shape index (κ3) is 2.80. The molecule has 0 spiro atoms. The lowest BCUT2D eigenvalue weighted by atomic mass is 10.3. The van der Waals surface area contributed by atoms with Crippen molar-refractivity contribution in [3.63, 3.8) is 0 Å². The number of aromatic amines is 2. The maximum Gasteiger partial charge on any atom is 0.325 e. The number of nitrogens with one attached hydrogen (secondary N) is 3. The molecule has 0 saturated heterocycles. The normalized spacial score (nSPS) is 10.2. The van der Waals surface area contributed by atoms with Gasteiger partial charge in [-0.2, -0.15) is 0 Å². The minimum atomic E-state index is -0.842. The summed E-state index contributed by atoms with van der Waals surface area (Å²) in [4.78, 5) is 45.4. The van der Waals surface area contributed by atoms with Crippen LogP contribution in [0.15, 0.2) is 22.1 Å². The Bertz CT molecular complexity index is 734. The van der Waals surface area contributed by atoms with E-state index in [0.29, 0.717) is 0 Å². The van der Waals surface area contributed by atoms with Gasteiger partial charge in [-0.15, -0.1) is 0 Å². The Labute approximate surface area is 114 Å². The molecule has 0 aliphatic heterocycles. The number of carbonyl (C=O) groups excluding carboxylic acids is 1. The second-order valence-corrected chi connectivity index (χ2v) is 3.99. The van der Waals surface area contributed by atoms with E-state index in [1.165, 1.54) is 0 Å². The Morgan fingerprint density at radius 1 is 1.21 bits per heavy atom. The van der Waals surface area contributed by atoms with Crippen molar-refractivity contribution in [2.75, 3.05) is 5.32 Å². The van der Waals surface area contributed by atoms with Crippen molar-refractivity contribution >= 4 is 34.8 Å². The molecule has 2 rings (SSSR count). The van der Waals surface area contributed by atoms with Crippen LogP contribution in [0.4, 0.5) is 5.69 Å². The minimum absolute atomic E-state index is 0.0265. The Morgan fingerprint density at radius 2 is 1.84 bits per heavy atom. The van der Waals surface area contributed by atoms with Gasteiger partial charge in [0.05, 0.1) is 0 Å². The summed E-state index contributed by atoms with van der Waals surface area (Å²) < 4.78 is 0. The third-order valence-electron chi connectivity index (χ3n) is 2.06. The van der Waals surface area contributed by atoms with E-state index in [9.17, 15) is 14.4 Å². The third-order valence-corrected chi connectivity index (χ3v) is 2.63. The first kappa shape index (κ1) is 13.2. The summed E-state index contributed by atoms with van der Waals surface area (Å²) in [5.74, 6) is -0.809. The molecule has 0 fully saturated rings. The van der Waals surface area contributed by atoms with Crippen molar-refractivity contribution in [1.29, 1.82) is 0 Å². The Morgan fingerprint density at radius 3 is 2.42 bits per heavy atom. The van der Waals surface area contributed by atoms with Gasteiger partial charge in [-0.25, -0.2) is 14.8 Å². The summed E-state index contributed by atoms with van der Waals surface area (Å²) in [6.45, 7) is 0. The Hall–Kier alpha value is -2.19. The van der Waals surface area contributed by atoms with Crippen LogP contribution in [0.5, 0.6) is 0 Å². The monoisotopic (exact) mass is 301 g/mol. The van der Waals surface area contributed by atoms with Gasteiger partial charge in [0.25, 0.3) is 11.5 Å². The number of hydrogen-bond donors (Lipinski definition) is 3. The topological polar surface area (TPSA) is 121 Å². The number of rotatable bonds is 2. The van der Waals surface area contributed by atoms with Crippen molar-refractivity contribution in [1.82, 2.24) is 19.9 Å². The van der Waals surface area contributed by atoms with Crippen LogP contribution in [0.3, 0.4) is 0 Å². The molecule has 10 heteroatoms. The number of hydrogen-bond acceptors (Lipinski definition) is 5. The van der Waals surface area contributed by atoms with E-state index in [-0.39, 0.29) is 21.6 Å². The summed E-state index contributed by atoms with van der Waals surface area (Å²) in [6, 6.07) is 0. The molecule has 2 aromatic rings. The lowest BCUT2D eigenvalue weighted by molar-refractivity contribution is 0.102. The number of amides is 1. The quantitative estimate of drug-likeness (QED) is 0.694. The van der Waals surface area contributed by atoms with Crippen LogP contribution in [0.2, 0.25) is 10.3 Å². The van der Waals surface area contributed by atoms with Gasteiger partial charge in [0.2, 0.25) is 0 Å². The van der Waals surface area contributed by atoms with Gasteiger partial charge >= 0.3 is 5.69 Å². The first-order valence-electron chi connectivity index (χ1n) is 4.78. The van der Waals surface area contributed by atoms with E-state index >= 15 is 0 Å². The summed E-state index contributed by atoms with van der Waals surface area (Å²) in [6.07, 6.45) is 2.09. The van der Waals surface area contributed by atoms with Crippen molar-refractivity contribution in [3.8, 4) is 0 Å². The maximum atomic E-state index is 11.8. The largest absolute Gasteiger partial charge is 0.325 e. The number of nitrogens with zero attached hydrogens (tertiary/aromatic N) is 2. The average Bonchev–Trinajstić information content (AvgIpc) is 2.33. The molecule has 8 nitrogen and oxygen atoms in total. The van der Waals surface area contributed by atoms with Crippen LogP contribution in [-0.4, -0.2) is 25.8 Å². The fraction of sp³-hybridized carbons (Fsp3) is 0. The molecule has 1 amide bonds. The lowest BCUT2D eigenvalue weighted by Crippen LogP contribution is -2.29. The zero-order valence-corrected chi connectivity index (χ0v) is 10.5. The minimum Gasteiger partial charge on any atom is -0.317 e. The van der Waals surface area contributed by atoms with Crippen LogP contribution in [0.1, 0.15) is 10.4 Å². The molecule has 2 heterocycles. The highest BCUT2D eigenvalue weighted by Crippen LogP contribution is 2.25. The zero-order valence-electron chi connectivity index (χ0n) is 9.03. The van der Waals surface area contributed by atoms with E-state index < -0.39 is 17.2 Å². The molecule has 0 aliphatic carbocycles. The molecular weight excluding hydrogens is 297 g/mol. The van der Waals surface area contributed by atoms with Crippen molar-refractivity contribution in [3.05, 3.63) is 49.2 Å². The standard InChI is InChI=1S/C9H5Cl2N5O3/c10-5-4(6(11)14-2-13-5)15-7(17)3-1-12-9(19)16-8(3)18/h1-2H,(H,15,17)(H2,12,16,18,19). The smallest absolute Gasteiger partial charge is 0.317 e. The molecule has 19 heavy (non-hydrogen) atoms. The number of H-pyrrole nitrogens is 2. The van der Waals surface area contributed by atoms with Gasteiger partial charge in [-0.05, 0) is 0 Å². The summed E-state index contributed by atoms with van der Waals surface area (Å²) in [5.41, 5.74) is -1.90. The zero-order chi connectivity index (χ0) is 14.0. The second kappa shape index (κ2) is 5.21. The molecule has 98 valence electrons. The molecule has 2 aromatic heterocycles. The first-order chi connectivity index (χ1) is 8.99. The molecule has 0 unspecified atom stereocenters. The highest BCUT2D eigenvalue weighted by Gasteiger charge is 2.16. The van der Waals surface area contributed by atoms with Crippen molar-refractivity contribution in [2.45, 2.75) is 0 Å². The first-order valence-corrected chi connectivity index (χ1v) is 5.54. The van der Waals surface area contributed by atoms with E-state index in [1.54, 1.807) is 0 Å². The molecule has 0 aromatic carbocycles. The Balaban J connectivity index is 2.36. The average molecular weight is 302 g/mol. The maximum absolute atomic E-state index is 11.8. The van der Waals surface area contributed by atoms with Gasteiger partial charge in [0.15, 0.2) is 10.3 Å². The van der Waals surface area contributed by atoms with E-state index in [2.05, 4.69) is 20.3 Å². The molecule has 0 bridgehead atoms. The van der Waals surface area contributed by atoms with E-state index in [4.69, 9.17) is 23.2 Å². The van der Waals surface area contributed by atoms with Gasteiger partial charge in [-0.3, -0.25) is 14.6 Å². The van der Waals surface area contributed by atoms with Crippen LogP contribution in [-0.2, 0) is 0 Å². The van der Waals surface area contributed by atoms with Crippen LogP contribution >= 0.6 is 23.2 Å². The van der Waals surface area contributed by atoms with Crippen LogP contribution in [0.25, 0.3) is 0 Å². The number of anilines is 1. The molecule has 0 aliphatic rings. The molecule has 0 saturated carbocycles. The fourth-order valence-electron chi connectivity index (χ4n) is 1.21. The number of carbonyl (C=O) groups is 1. The highest BCUT2D eigenvalue weighted by molar-refractivity contribution is 6.38. The summed E-state index contributed by atoms with van der Waals surface area (Å²) in [7, 11) is 0. The molecule has 3 N–H and O–H groups in total. The number of aromatic nitrogens is 4. The van der Waals surface area contributed by atoms with Crippen molar-refractivity contribution < 1.29 is 4.79 Å². The predicted molar refractivity (Wildman–Crippen MR) is 67.7 cm³/mol. The lowest BCUT2D eigenvalue weighted by Gasteiger charge is -2.06. The van der Waals surface area contributed by atoms with E-state index in [0.717, 1.165) is 12.5 Å². The van der Waals surface area contributed by atoms with Crippen LogP contribution < -0.4 is 16.6 Å². The Kier molecular flexibility index (Phi) is 3.63. The van der Waals surface area contributed by atoms with Gasteiger partial charge in [0.1, 0.15) is 17.6 Å². The number of halogens is 2. The SMILES string of the molecule is O=C(Nc1c(Cl)ncnc1Cl)c1c[nH]c(=O)[nH]c1=O. The summed E-state index contributed by atoms with van der Waals surface area (Å²) >= 11 is 11.5. The molecule has 0 atom stereocenters. The van der Waals surface area contributed by atoms with Crippen LogP contribution in [0, 0.1) is 0 Å². The molecular formula is C9H5Cl2N5O3.